The number of amides is 2. The van der Waals surface area contributed by atoms with E-state index >= 15 is 0 Å². The smallest absolute Gasteiger partial charge is 0.241 e. The molecule has 0 aromatic carbocycles. The second kappa shape index (κ2) is 6.02. The highest BCUT2D eigenvalue weighted by molar-refractivity contribution is 5.86. The first-order valence-electron chi connectivity index (χ1n) is 4.78. The normalized spacial score (nSPS) is 11.4. The van der Waals surface area contributed by atoms with E-state index in [1.54, 1.807) is 21.0 Å². The molecule has 0 aromatic heterocycles. The van der Waals surface area contributed by atoms with Gasteiger partial charge in [0.2, 0.25) is 11.8 Å². The molecule has 0 saturated carbocycles. The van der Waals surface area contributed by atoms with Gasteiger partial charge in [-0.15, -0.1) is 0 Å². The van der Waals surface area contributed by atoms with E-state index in [1.807, 2.05) is 6.07 Å². The van der Waals surface area contributed by atoms with Gasteiger partial charge < -0.3 is 9.80 Å². The van der Waals surface area contributed by atoms with Gasteiger partial charge in [-0.2, -0.15) is 5.26 Å². The summed E-state index contributed by atoms with van der Waals surface area (Å²) in [5, 5.41) is 8.70. The number of likely N-dealkylation sites (N-methyl/N-ethyl adjacent to an activating group) is 2. The fraction of sp³-hybridized carbons (Fsp3) is 0.700. The summed E-state index contributed by atoms with van der Waals surface area (Å²) in [6.45, 7) is 1.79. The van der Waals surface area contributed by atoms with Gasteiger partial charge >= 0.3 is 0 Å². The van der Waals surface area contributed by atoms with Crippen LogP contribution in [0, 0.1) is 17.2 Å². The third-order valence-electron chi connectivity index (χ3n) is 2.11. The van der Waals surface area contributed by atoms with Crippen LogP contribution in [0.4, 0.5) is 0 Å². The Morgan fingerprint density at radius 3 is 2.20 bits per heavy atom. The van der Waals surface area contributed by atoms with E-state index in [-0.39, 0.29) is 18.4 Å². The van der Waals surface area contributed by atoms with Crippen molar-refractivity contribution in [1.29, 1.82) is 5.26 Å². The fourth-order valence-corrected chi connectivity index (χ4v) is 1.01. The molecule has 0 heterocycles. The lowest BCUT2D eigenvalue weighted by molar-refractivity contribution is -0.139. The maximum atomic E-state index is 11.6. The van der Waals surface area contributed by atoms with Crippen LogP contribution in [0.2, 0.25) is 0 Å². The lowest BCUT2D eigenvalue weighted by atomic mass is 10.1. The van der Waals surface area contributed by atoms with E-state index in [4.69, 9.17) is 5.26 Å². The number of nitrogens with zero attached hydrogens (tertiary/aromatic N) is 3. The zero-order valence-electron chi connectivity index (χ0n) is 9.65. The van der Waals surface area contributed by atoms with Gasteiger partial charge in [0.25, 0.3) is 0 Å². The minimum absolute atomic E-state index is 0.0179. The molecule has 1 atom stereocenters. The molecule has 0 rings (SSSR count). The quantitative estimate of drug-likeness (QED) is 0.661. The van der Waals surface area contributed by atoms with Crippen molar-refractivity contribution >= 4 is 11.8 Å². The maximum Gasteiger partial charge on any atom is 0.241 e. The van der Waals surface area contributed by atoms with Crippen LogP contribution < -0.4 is 0 Å². The SMILES string of the molecule is CCC(C#N)C(=O)N(C)CC(=O)N(C)C. The number of hydrogen-bond acceptors (Lipinski definition) is 3. The minimum Gasteiger partial charge on any atom is -0.347 e. The zero-order valence-corrected chi connectivity index (χ0v) is 9.65. The Kier molecular flexibility index (Phi) is 5.39. The molecule has 5 nitrogen and oxygen atoms in total. The summed E-state index contributed by atoms with van der Waals surface area (Å²) in [7, 11) is 4.79. The average molecular weight is 211 g/mol. The molecule has 0 aliphatic heterocycles. The van der Waals surface area contributed by atoms with Crippen molar-refractivity contribution in [2.24, 2.45) is 5.92 Å². The van der Waals surface area contributed by atoms with Gasteiger partial charge in [-0.3, -0.25) is 9.59 Å². The predicted octanol–water partition coefficient (Wildman–Crippen LogP) is 0.0828. The first-order chi connectivity index (χ1) is 6.93. The third-order valence-corrected chi connectivity index (χ3v) is 2.11. The van der Waals surface area contributed by atoms with Gasteiger partial charge in [0.1, 0.15) is 5.92 Å². The van der Waals surface area contributed by atoms with Crippen LogP contribution in [0.15, 0.2) is 0 Å². The Balaban J connectivity index is 4.34. The third kappa shape index (κ3) is 3.98. The van der Waals surface area contributed by atoms with Crippen LogP contribution in [0.1, 0.15) is 13.3 Å². The zero-order chi connectivity index (χ0) is 12.0. The van der Waals surface area contributed by atoms with Crippen LogP contribution in [0.3, 0.4) is 0 Å². The molecule has 0 fully saturated rings. The number of rotatable bonds is 4. The molecule has 0 aliphatic carbocycles. The van der Waals surface area contributed by atoms with Crippen LogP contribution in [-0.2, 0) is 9.59 Å². The van der Waals surface area contributed by atoms with Crippen molar-refractivity contribution in [1.82, 2.24) is 9.80 Å². The lowest BCUT2D eigenvalue weighted by Crippen LogP contribution is -2.40. The molecule has 15 heavy (non-hydrogen) atoms. The Morgan fingerprint density at radius 1 is 1.33 bits per heavy atom. The van der Waals surface area contributed by atoms with E-state index < -0.39 is 5.92 Å². The van der Waals surface area contributed by atoms with Crippen molar-refractivity contribution in [3.63, 3.8) is 0 Å². The number of carbonyl (C=O) groups excluding carboxylic acids is 2. The fourth-order valence-electron chi connectivity index (χ4n) is 1.01. The van der Waals surface area contributed by atoms with Gasteiger partial charge in [0.05, 0.1) is 12.6 Å². The largest absolute Gasteiger partial charge is 0.347 e. The monoisotopic (exact) mass is 211 g/mol. The van der Waals surface area contributed by atoms with Gasteiger partial charge in [0, 0.05) is 21.1 Å². The van der Waals surface area contributed by atoms with Crippen molar-refractivity contribution in [2.75, 3.05) is 27.7 Å². The summed E-state index contributed by atoms with van der Waals surface area (Å²) in [5.41, 5.74) is 0. The van der Waals surface area contributed by atoms with E-state index in [1.165, 1.54) is 16.8 Å². The van der Waals surface area contributed by atoms with Crippen molar-refractivity contribution in [3.8, 4) is 6.07 Å². The molecule has 2 amide bonds. The van der Waals surface area contributed by atoms with Crippen molar-refractivity contribution < 1.29 is 9.59 Å². The lowest BCUT2D eigenvalue weighted by Gasteiger charge is -2.20. The molecule has 1 unspecified atom stereocenters. The average Bonchev–Trinajstić information content (AvgIpc) is 2.19. The van der Waals surface area contributed by atoms with Gasteiger partial charge in [-0.25, -0.2) is 0 Å². The molecule has 0 radical (unpaired) electrons. The summed E-state index contributed by atoms with van der Waals surface area (Å²) in [4.78, 5) is 25.6. The number of carbonyl (C=O) groups is 2. The molecule has 84 valence electrons. The predicted molar refractivity (Wildman–Crippen MR) is 55.7 cm³/mol. The van der Waals surface area contributed by atoms with E-state index in [0.717, 1.165) is 0 Å². The van der Waals surface area contributed by atoms with Crippen LogP contribution in [0.5, 0.6) is 0 Å². The molecule has 0 aromatic rings. The van der Waals surface area contributed by atoms with E-state index in [9.17, 15) is 9.59 Å². The molecule has 0 saturated heterocycles. The van der Waals surface area contributed by atoms with E-state index in [2.05, 4.69) is 0 Å². The summed E-state index contributed by atoms with van der Waals surface area (Å²) in [6.07, 6.45) is 0.468. The van der Waals surface area contributed by atoms with E-state index in [0.29, 0.717) is 6.42 Å². The topological polar surface area (TPSA) is 64.4 Å². The molecule has 0 spiro atoms. The Morgan fingerprint density at radius 2 is 1.87 bits per heavy atom. The Bertz CT molecular complexity index is 281. The molecule has 0 N–H and O–H groups in total. The summed E-state index contributed by atoms with van der Waals surface area (Å²) >= 11 is 0. The highest BCUT2D eigenvalue weighted by atomic mass is 16.2. The molecule has 5 heteroatoms. The van der Waals surface area contributed by atoms with Gasteiger partial charge in [0.15, 0.2) is 0 Å². The second-order valence-corrected chi connectivity index (χ2v) is 3.57. The van der Waals surface area contributed by atoms with Crippen molar-refractivity contribution in [2.45, 2.75) is 13.3 Å². The summed E-state index contributed by atoms with van der Waals surface area (Å²) < 4.78 is 0. The van der Waals surface area contributed by atoms with Crippen LogP contribution in [-0.4, -0.2) is 49.3 Å². The molecular weight excluding hydrogens is 194 g/mol. The summed E-state index contributed by atoms with van der Waals surface area (Å²) in [6, 6.07) is 1.92. The first kappa shape index (κ1) is 13.4. The first-order valence-corrected chi connectivity index (χ1v) is 4.78. The van der Waals surface area contributed by atoms with Gasteiger partial charge in [-0.05, 0) is 6.42 Å². The molecule has 0 aliphatic rings. The second-order valence-electron chi connectivity index (χ2n) is 3.57. The molecule has 0 bridgehead atoms. The van der Waals surface area contributed by atoms with Crippen molar-refractivity contribution in [3.05, 3.63) is 0 Å². The number of nitriles is 1. The Hall–Kier alpha value is -1.57. The maximum absolute atomic E-state index is 11.6. The van der Waals surface area contributed by atoms with Crippen LogP contribution in [0.25, 0.3) is 0 Å². The molecular formula is C10H17N3O2. The summed E-state index contributed by atoms with van der Waals surface area (Å²) in [5.74, 6) is -1.10. The Labute approximate surface area is 90.3 Å². The number of hydrogen-bond donors (Lipinski definition) is 0. The van der Waals surface area contributed by atoms with Crippen LogP contribution >= 0.6 is 0 Å². The van der Waals surface area contributed by atoms with Gasteiger partial charge in [-0.1, -0.05) is 6.92 Å². The minimum atomic E-state index is -0.648. The highest BCUT2D eigenvalue weighted by Crippen LogP contribution is 2.05. The standard InChI is InChI=1S/C10H17N3O2/c1-5-8(6-11)10(15)13(4)7-9(14)12(2)3/h8H,5,7H2,1-4H3. The highest BCUT2D eigenvalue weighted by Gasteiger charge is 2.21.